The van der Waals surface area contributed by atoms with Gasteiger partial charge in [-0.2, -0.15) is 0 Å². The number of hydrogen-bond acceptors (Lipinski definition) is 10. The average Bonchev–Trinajstić information content (AvgIpc) is 4.12. The third kappa shape index (κ3) is 8.19. The lowest BCUT2D eigenvalue weighted by Gasteiger charge is -2.35. The van der Waals surface area contributed by atoms with Gasteiger partial charge in [0.1, 0.15) is 35.2 Å². The van der Waals surface area contributed by atoms with Gasteiger partial charge in [0.15, 0.2) is 0 Å². The molecule has 8 rings (SSSR count). The molecule has 16 heteroatoms. The molecule has 16 nitrogen and oxygen atoms in total. The number of ether oxygens (including phenoxy) is 4. The minimum atomic E-state index is -0.912. The standard InChI is InChI=1S/C47H56N8O8/c1-25(2)39(52-45(58)61-7)43(56)54-19-9-11-35(54)41-48-24-34(51-41)29-15-18-37-31(21-29)47(4,5)30-16-13-28(23-38(30)63-37)27-14-17-32-33(22-27)50-42(49-32)36-12-10-20-55(36)44(57)40(26(3)60-6)53-46(59)62-8/h13-18,21-26,35-36,39-40H,9-12,19-20H2,1-8H3,(H,48,51)(H,49,50)(H,52,58)(H,53,59)/t26-,35+,36+,39+,40+/m1/s1. The number of nitrogens with one attached hydrogen (secondary N) is 4. The van der Waals surface area contributed by atoms with E-state index in [1.165, 1.54) is 21.3 Å². The molecular formula is C47H56N8O8. The second-order valence-electron chi connectivity index (χ2n) is 17.5. The van der Waals surface area contributed by atoms with E-state index in [-0.39, 0.29) is 29.8 Å². The van der Waals surface area contributed by atoms with E-state index in [4.69, 9.17) is 28.9 Å². The summed E-state index contributed by atoms with van der Waals surface area (Å²) in [6.07, 6.45) is 3.04. The number of benzene rings is 3. The molecule has 4 amide bonds. The van der Waals surface area contributed by atoms with Crippen molar-refractivity contribution in [3.05, 3.63) is 83.6 Å². The number of H-pyrrole nitrogens is 2. The summed E-state index contributed by atoms with van der Waals surface area (Å²) in [4.78, 5) is 71.9. The van der Waals surface area contributed by atoms with Crippen LogP contribution in [0.2, 0.25) is 0 Å². The van der Waals surface area contributed by atoms with Gasteiger partial charge in [0.25, 0.3) is 0 Å². The number of carbonyl (C=O) groups excluding carboxylic acids is 4. The molecule has 0 bridgehead atoms. The van der Waals surface area contributed by atoms with Crippen LogP contribution >= 0.6 is 0 Å². The van der Waals surface area contributed by atoms with Gasteiger partial charge in [0.05, 0.1) is 55.3 Å². The molecule has 332 valence electrons. The topological polar surface area (TPSA) is 193 Å². The number of carbonyl (C=O) groups is 4. The number of fused-ring (bicyclic) bond motifs is 3. The summed E-state index contributed by atoms with van der Waals surface area (Å²) in [6.45, 7) is 11.0. The van der Waals surface area contributed by atoms with E-state index in [0.717, 1.165) is 81.7 Å². The molecule has 5 aromatic rings. The molecule has 0 aliphatic carbocycles. The third-order valence-electron chi connectivity index (χ3n) is 12.9. The first-order chi connectivity index (χ1) is 30.2. The van der Waals surface area contributed by atoms with Gasteiger partial charge < -0.3 is 49.3 Å². The average molecular weight is 861 g/mol. The Kier molecular flexibility index (Phi) is 11.9. The zero-order valence-electron chi connectivity index (χ0n) is 37.0. The first-order valence-corrected chi connectivity index (χ1v) is 21.6. The number of methoxy groups -OCH3 is 3. The highest BCUT2D eigenvalue weighted by molar-refractivity contribution is 5.88. The van der Waals surface area contributed by atoms with Crippen LogP contribution in [0, 0.1) is 5.92 Å². The summed E-state index contributed by atoms with van der Waals surface area (Å²) >= 11 is 0. The van der Waals surface area contributed by atoms with Crippen molar-refractivity contribution in [2.45, 2.75) is 96.0 Å². The van der Waals surface area contributed by atoms with Crippen molar-refractivity contribution in [3.8, 4) is 33.9 Å². The Bertz CT molecular complexity index is 2550. The monoisotopic (exact) mass is 860 g/mol. The summed E-state index contributed by atoms with van der Waals surface area (Å²) in [7, 11) is 4.05. The van der Waals surface area contributed by atoms with E-state index in [1.807, 2.05) is 49.2 Å². The number of amides is 4. The van der Waals surface area contributed by atoms with Gasteiger partial charge in [-0.1, -0.05) is 45.9 Å². The van der Waals surface area contributed by atoms with E-state index in [1.54, 1.807) is 11.8 Å². The highest BCUT2D eigenvalue weighted by Gasteiger charge is 2.40. The lowest BCUT2D eigenvalue weighted by molar-refractivity contribution is -0.137. The molecule has 0 spiro atoms. The van der Waals surface area contributed by atoms with Crippen LogP contribution in [0.1, 0.15) is 95.2 Å². The Hall–Kier alpha value is -6.42. The largest absolute Gasteiger partial charge is 0.457 e. The molecule has 4 N–H and O–H groups in total. The summed E-state index contributed by atoms with van der Waals surface area (Å²) in [5.74, 6) is 2.42. The number of imidazole rings is 2. The number of rotatable bonds is 11. The van der Waals surface area contributed by atoms with Gasteiger partial charge in [-0.15, -0.1) is 0 Å². The van der Waals surface area contributed by atoms with Gasteiger partial charge >= 0.3 is 12.2 Å². The lowest BCUT2D eigenvalue weighted by atomic mass is 9.75. The van der Waals surface area contributed by atoms with Gasteiger partial charge in [-0.25, -0.2) is 19.6 Å². The van der Waals surface area contributed by atoms with E-state index in [2.05, 4.69) is 64.8 Å². The quantitative estimate of drug-likeness (QED) is 0.103. The highest BCUT2D eigenvalue weighted by atomic mass is 16.5. The predicted octanol–water partition coefficient (Wildman–Crippen LogP) is 7.52. The number of alkyl carbamates (subject to hydrolysis) is 2. The lowest BCUT2D eigenvalue weighted by Crippen LogP contribution is -2.54. The minimum absolute atomic E-state index is 0.122. The summed E-state index contributed by atoms with van der Waals surface area (Å²) in [5.41, 5.74) is 7.08. The fourth-order valence-corrected chi connectivity index (χ4v) is 9.25. The molecule has 3 aliphatic heterocycles. The van der Waals surface area contributed by atoms with Crippen molar-refractivity contribution in [1.29, 1.82) is 0 Å². The Morgan fingerprint density at radius 3 is 2.03 bits per heavy atom. The van der Waals surface area contributed by atoms with Crippen molar-refractivity contribution in [3.63, 3.8) is 0 Å². The van der Waals surface area contributed by atoms with Crippen LogP contribution in [0.5, 0.6) is 11.5 Å². The van der Waals surface area contributed by atoms with Crippen molar-refractivity contribution < 1.29 is 38.1 Å². The van der Waals surface area contributed by atoms with Crippen LogP contribution in [0.4, 0.5) is 9.59 Å². The van der Waals surface area contributed by atoms with Gasteiger partial charge in [-0.3, -0.25) is 9.59 Å². The molecule has 0 unspecified atom stereocenters. The van der Waals surface area contributed by atoms with E-state index < -0.39 is 35.8 Å². The van der Waals surface area contributed by atoms with E-state index in [9.17, 15) is 19.2 Å². The van der Waals surface area contributed by atoms with E-state index >= 15 is 0 Å². The van der Waals surface area contributed by atoms with Crippen molar-refractivity contribution in [1.82, 2.24) is 40.4 Å². The normalized spacial score (nSPS) is 19.2. The molecule has 5 heterocycles. The third-order valence-corrected chi connectivity index (χ3v) is 12.9. The SMILES string of the molecule is COC(=O)N[C@H](C(=O)N1CCC[C@H]1c1ncc(-c2ccc3c(c2)C(C)(C)c2ccc(-c4ccc5nc([C@@H]6CCCN6C(=O)[C@@H](NC(=O)OC)[C@@H](C)OC)[nH]c5c4)cc2O3)[nH]1)C(C)C. The van der Waals surface area contributed by atoms with Crippen LogP contribution in [-0.2, 0) is 29.2 Å². The Balaban J connectivity index is 0.999. The van der Waals surface area contributed by atoms with Crippen LogP contribution in [0.15, 0.2) is 60.8 Å². The fourth-order valence-electron chi connectivity index (χ4n) is 9.25. The molecular weight excluding hydrogens is 805 g/mol. The fraction of sp³-hybridized carbons (Fsp3) is 0.447. The van der Waals surface area contributed by atoms with Gasteiger partial charge in [0.2, 0.25) is 11.8 Å². The number of nitrogens with zero attached hydrogens (tertiary/aromatic N) is 4. The van der Waals surface area contributed by atoms with Gasteiger partial charge in [-0.05, 0) is 86.1 Å². The van der Waals surface area contributed by atoms with Crippen molar-refractivity contribution in [2.24, 2.45) is 5.92 Å². The maximum Gasteiger partial charge on any atom is 0.407 e. The van der Waals surface area contributed by atoms with Crippen LogP contribution in [0.25, 0.3) is 33.4 Å². The van der Waals surface area contributed by atoms with E-state index in [0.29, 0.717) is 24.7 Å². The summed E-state index contributed by atoms with van der Waals surface area (Å²) < 4.78 is 21.6. The second-order valence-corrected chi connectivity index (χ2v) is 17.5. The minimum Gasteiger partial charge on any atom is -0.457 e. The van der Waals surface area contributed by atoms with Gasteiger partial charge in [0, 0.05) is 42.3 Å². The smallest absolute Gasteiger partial charge is 0.407 e. The summed E-state index contributed by atoms with van der Waals surface area (Å²) in [6, 6.07) is 16.4. The Morgan fingerprint density at radius 1 is 0.746 bits per heavy atom. The van der Waals surface area contributed by atoms with Crippen molar-refractivity contribution >= 4 is 35.0 Å². The van der Waals surface area contributed by atoms with Crippen LogP contribution < -0.4 is 15.4 Å². The molecule has 3 aromatic carbocycles. The number of aromatic amines is 2. The predicted molar refractivity (Wildman–Crippen MR) is 235 cm³/mol. The molecule has 5 atom stereocenters. The molecule has 3 aliphatic rings. The molecule has 2 fully saturated rings. The Labute approximate surface area is 366 Å². The second kappa shape index (κ2) is 17.4. The molecule has 63 heavy (non-hydrogen) atoms. The zero-order chi connectivity index (χ0) is 44.7. The van der Waals surface area contributed by atoms with Crippen LogP contribution in [0.3, 0.4) is 0 Å². The molecule has 2 saturated heterocycles. The number of aromatic nitrogens is 4. The van der Waals surface area contributed by atoms with Crippen LogP contribution in [-0.4, -0.2) is 106 Å². The van der Waals surface area contributed by atoms with Crippen molar-refractivity contribution in [2.75, 3.05) is 34.4 Å². The first kappa shape index (κ1) is 43.2. The first-order valence-electron chi connectivity index (χ1n) is 21.6. The zero-order valence-corrected chi connectivity index (χ0v) is 37.0. The maximum atomic E-state index is 13.8. The highest BCUT2D eigenvalue weighted by Crippen LogP contribution is 2.50. The number of hydrogen-bond donors (Lipinski definition) is 4. The molecule has 0 radical (unpaired) electrons. The number of likely N-dealkylation sites (tertiary alicyclic amines) is 2. The molecule has 0 saturated carbocycles. The molecule has 2 aromatic heterocycles. The maximum absolute atomic E-state index is 13.8. The Morgan fingerprint density at radius 2 is 1.37 bits per heavy atom. The summed E-state index contributed by atoms with van der Waals surface area (Å²) in [5, 5.41) is 5.35.